The van der Waals surface area contributed by atoms with Crippen LogP contribution in [0.15, 0.2) is 12.2 Å². The molecular formula is C11H17NO2. The maximum atomic E-state index is 11.2. The second-order valence-electron chi connectivity index (χ2n) is 4.34. The van der Waals surface area contributed by atoms with E-state index in [1.54, 1.807) is 6.07 Å². The molecule has 0 aromatic carbocycles. The van der Waals surface area contributed by atoms with Gasteiger partial charge >= 0.3 is 5.97 Å². The third kappa shape index (κ3) is 4.66. The molecule has 0 N–H and O–H groups in total. The van der Waals surface area contributed by atoms with Gasteiger partial charge in [0.25, 0.3) is 0 Å². The maximum absolute atomic E-state index is 11.2. The Balaban J connectivity index is 4.30. The van der Waals surface area contributed by atoms with Gasteiger partial charge in [-0.2, -0.15) is 5.26 Å². The Hall–Kier alpha value is -1.30. The van der Waals surface area contributed by atoms with Crippen molar-refractivity contribution in [2.45, 2.75) is 39.7 Å². The summed E-state index contributed by atoms with van der Waals surface area (Å²) in [6.07, 6.45) is 0.761. The zero-order valence-corrected chi connectivity index (χ0v) is 9.26. The van der Waals surface area contributed by atoms with Crippen LogP contribution in [0.4, 0.5) is 0 Å². The molecule has 3 nitrogen and oxygen atoms in total. The fourth-order valence-corrected chi connectivity index (χ4v) is 1.38. The molecule has 0 aliphatic rings. The number of hydrogen-bond donors (Lipinski definition) is 0. The molecule has 0 aliphatic carbocycles. The summed E-state index contributed by atoms with van der Waals surface area (Å²) in [4.78, 5) is 11.2. The molecule has 0 amide bonds. The van der Waals surface area contributed by atoms with Gasteiger partial charge in [0, 0.05) is 0 Å². The molecule has 0 fully saturated rings. The van der Waals surface area contributed by atoms with Gasteiger partial charge in [-0.15, -0.1) is 0 Å². The zero-order valence-electron chi connectivity index (χ0n) is 9.26. The number of ether oxygens (including phenoxy) is 1. The molecule has 0 bridgehead atoms. The number of carbonyl (C=O) groups excluding carboxylic acids is 1. The van der Waals surface area contributed by atoms with Gasteiger partial charge in [-0.05, 0) is 26.2 Å². The standard InChI is InChI=1S/C11H17NO2/c1-8(2)6-11(4,5)14-10(13)9(3)7-12/h8H,3,6H2,1-2,4-5H3. The van der Waals surface area contributed by atoms with Crippen molar-refractivity contribution in [2.24, 2.45) is 5.92 Å². The van der Waals surface area contributed by atoms with Crippen LogP contribution in [0.3, 0.4) is 0 Å². The molecule has 0 saturated carbocycles. The average Bonchev–Trinajstić information content (AvgIpc) is 1.99. The van der Waals surface area contributed by atoms with Crippen molar-refractivity contribution in [1.29, 1.82) is 5.26 Å². The van der Waals surface area contributed by atoms with Crippen molar-refractivity contribution in [2.75, 3.05) is 0 Å². The van der Waals surface area contributed by atoms with E-state index < -0.39 is 11.6 Å². The van der Waals surface area contributed by atoms with Crippen LogP contribution in [0.5, 0.6) is 0 Å². The topological polar surface area (TPSA) is 50.1 Å². The summed E-state index contributed by atoms with van der Waals surface area (Å²) in [5.41, 5.74) is -0.688. The Kier molecular flexibility index (Phi) is 4.36. The number of nitriles is 1. The van der Waals surface area contributed by atoms with E-state index in [-0.39, 0.29) is 5.57 Å². The summed E-state index contributed by atoms with van der Waals surface area (Å²) in [5.74, 6) is -0.189. The largest absolute Gasteiger partial charge is 0.456 e. The lowest BCUT2D eigenvalue weighted by Crippen LogP contribution is -2.30. The van der Waals surface area contributed by atoms with E-state index in [4.69, 9.17) is 10.00 Å². The Morgan fingerprint density at radius 3 is 2.43 bits per heavy atom. The van der Waals surface area contributed by atoms with Crippen molar-refractivity contribution >= 4 is 5.97 Å². The monoisotopic (exact) mass is 195 g/mol. The van der Waals surface area contributed by atoms with Crippen LogP contribution in [-0.2, 0) is 9.53 Å². The highest BCUT2D eigenvalue weighted by Crippen LogP contribution is 2.21. The van der Waals surface area contributed by atoms with Crippen LogP contribution in [-0.4, -0.2) is 11.6 Å². The highest BCUT2D eigenvalue weighted by molar-refractivity contribution is 5.92. The van der Waals surface area contributed by atoms with E-state index in [9.17, 15) is 4.79 Å². The molecule has 0 aromatic rings. The predicted octanol–water partition coefficient (Wildman–Crippen LogP) is 2.43. The van der Waals surface area contributed by atoms with Crippen molar-refractivity contribution in [1.82, 2.24) is 0 Å². The average molecular weight is 195 g/mol. The van der Waals surface area contributed by atoms with Gasteiger partial charge in [-0.25, -0.2) is 4.79 Å². The molecule has 0 saturated heterocycles. The minimum Gasteiger partial charge on any atom is -0.456 e. The fraction of sp³-hybridized carbons (Fsp3) is 0.636. The van der Waals surface area contributed by atoms with E-state index in [1.807, 2.05) is 13.8 Å². The second-order valence-corrected chi connectivity index (χ2v) is 4.34. The third-order valence-electron chi connectivity index (χ3n) is 1.65. The van der Waals surface area contributed by atoms with Gasteiger partial charge in [0.2, 0.25) is 0 Å². The Morgan fingerprint density at radius 2 is 2.07 bits per heavy atom. The molecule has 0 heterocycles. The summed E-state index contributed by atoms with van der Waals surface area (Å²) >= 11 is 0. The number of hydrogen-bond acceptors (Lipinski definition) is 3. The normalized spacial score (nSPS) is 10.9. The van der Waals surface area contributed by atoms with E-state index in [1.165, 1.54) is 0 Å². The first kappa shape index (κ1) is 12.7. The minimum atomic E-state index is -0.627. The molecule has 0 unspecified atom stereocenters. The number of nitrogens with zero attached hydrogens (tertiary/aromatic N) is 1. The van der Waals surface area contributed by atoms with Gasteiger partial charge in [0.15, 0.2) is 0 Å². The first-order chi connectivity index (χ1) is 6.28. The molecule has 0 radical (unpaired) electrons. The van der Waals surface area contributed by atoms with Crippen molar-refractivity contribution in [3.63, 3.8) is 0 Å². The maximum Gasteiger partial charge on any atom is 0.348 e. The van der Waals surface area contributed by atoms with Gasteiger partial charge in [0.1, 0.15) is 17.2 Å². The van der Waals surface area contributed by atoms with Crippen molar-refractivity contribution in [3.8, 4) is 6.07 Å². The smallest absolute Gasteiger partial charge is 0.348 e. The summed E-state index contributed by atoms with van der Waals surface area (Å²) in [7, 11) is 0. The molecule has 3 heteroatoms. The molecular weight excluding hydrogens is 178 g/mol. The fourth-order valence-electron chi connectivity index (χ4n) is 1.38. The van der Waals surface area contributed by atoms with Crippen molar-refractivity contribution < 1.29 is 9.53 Å². The van der Waals surface area contributed by atoms with E-state index in [0.717, 1.165) is 6.42 Å². The number of esters is 1. The van der Waals surface area contributed by atoms with Crippen LogP contribution < -0.4 is 0 Å². The van der Waals surface area contributed by atoms with Gasteiger partial charge in [-0.3, -0.25) is 0 Å². The van der Waals surface area contributed by atoms with Crippen LogP contribution >= 0.6 is 0 Å². The van der Waals surface area contributed by atoms with Gasteiger partial charge < -0.3 is 4.74 Å². The first-order valence-electron chi connectivity index (χ1n) is 4.61. The first-order valence-corrected chi connectivity index (χ1v) is 4.61. The molecule has 78 valence electrons. The van der Waals surface area contributed by atoms with E-state index in [0.29, 0.717) is 5.92 Å². The van der Waals surface area contributed by atoms with Gasteiger partial charge in [0.05, 0.1) is 0 Å². The minimum absolute atomic E-state index is 0.151. The molecule has 0 rings (SSSR count). The Labute approximate surface area is 85.4 Å². The lowest BCUT2D eigenvalue weighted by molar-refractivity contribution is -0.152. The predicted molar refractivity (Wildman–Crippen MR) is 54.4 cm³/mol. The van der Waals surface area contributed by atoms with Crippen LogP contribution in [0.2, 0.25) is 0 Å². The third-order valence-corrected chi connectivity index (χ3v) is 1.65. The highest BCUT2D eigenvalue weighted by atomic mass is 16.6. The summed E-state index contributed by atoms with van der Waals surface area (Å²) < 4.78 is 5.14. The Bertz CT molecular complexity index is 272. The van der Waals surface area contributed by atoms with Crippen molar-refractivity contribution in [3.05, 3.63) is 12.2 Å². The van der Waals surface area contributed by atoms with E-state index >= 15 is 0 Å². The SMILES string of the molecule is C=C(C#N)C(=O)OC(C)(C)CC(C)C. The van der Waals surface area contributed by atoms with Crippen LogP contribution in [0.1, 0.15) is 34.1 Å². The molecule has 0 aliphatic heterocycles. The lowest BCUT2D eigenvalue weighted by Gasteiger charge is -2.26. The molecule has 0 atom stereocenters. The summed E-state index contributed by atoms with van der Waals surface area (Å²) in [6.45, 7) is 11.1. The molecule has 0 aromatic heterocycles. The van der Waals surface area contributed by atoms with Crippen LogP contribution in [0, 0.1) is 17.2 Å². The van der Waals surface area contributed by atoms with E-state index in [2.05, 4.69) is 20.4 Å². The number of rotatable bonds is 4. The quantitative estimate of drug-likeness (QED) is 0.393. The summed E-state index contributed by atoms with van der Waals surface area (Å²) in [6, 6.07) is 1.67. The van der Waals surface area contributed by atoms with Gasteiger partial charge in [-0.1, -0.05) is 20.4 Å². The van der Waals surface area contributed by atoms with Crippen LogP contribution in [0.25, 0.3) is 0 Å². The second kappa shape index (κ2) is 4.80. The summed E-state index contributed by atoms with van der Waals surface area (Å²) in [5, 5.41) is 8.43. The Morgan fingerprint density at radius 1 is 1.57 bits per heavy atom. The molecule has 14 heavy (non-hydrogen) atoms. The zero-order chi connectivity index (χ0) is 11.4. The lowest BCUT2D eigenvalue weighted by atomic mass is 9.96. The number of carbonyl (C=O) groups is 1. The highest BCUT2D eigenvalue weighted by Gasteiger charge is 2.25. The molecule has 0 spiro atoms.